The summed E-state index contributed by atoms with van der Waals surface area (Å²) in [6.07, 6.45) is 6.77. The van der Waals surface area contributed by atoms with E-state index in [0.717, 1.165) is 0 Å². The molecule has 0 aliphatic carbocycles. The molecule has 0 heterocycles. The van der Waals surface area contributed by atoms with Crippen LogP contribution in [0.4, 0.5) is 0 Å². The second-order valence-electron chi connectivity index (χ2n) is 3.91. The molecule has 1 heteroatoms. The van der Waals surface area contributed by atoms with Crippen molar-refractivity contribution in [2.45, 2.75) is 39.0 Å². The van der Waals surface area contributed by atoms with Crippen LogP contribution < -0.4 is 0 Å². The van der Waals surface area contributed by atoms with Crippen molar-refractivity contribution in [1.29, 1.82) is 0 Å². The molecule has 0 aromatic heterocycles. The highest BCUT2D eigenvalue weighted by atomic mass is 32.2. The summed E-state index contributed by atoms with van der Waals surface area (Å²) >= 11 is 2.10. The third kappa shape index (κ3) is 6.62. The fourth-order valence-corrected chi connectivity index (χ4v) is 2.56. The highest BCUT2D eigenvalue weighted by Gasteiger charge is 1.93. The summed E-state index contributed by atoms with van der Waals surface area (Å²) in [5.41, 5.74) is 1.47. The molecule has 84 valence electrons. The van der Waals surface area contributed by atoms with Crippen molar-refractivity contribution >= 4 is 11.8 Å². The van der Waals surface area contributed by atoms with Crippen molar-refractivity contribution in [2.24, 2.45) is 0 Å². The lowest BCUT2D eigenvalue weighted by atomic mass is 10.2. The maximum absolute atomic E-state index is 2.27. The van der Waals surface area contributed by atoms with Gasteiger partial charge in [-0.3, -0.25) is 0 Å². The monoisotopic (exact) mass is 222 g/mol. The maximum Gasteiger partial charge on any atom is -0.00270 e. The van der Waals surface area contributed by atoms with Crippen LogP contribution in [0, 0.1) is 0 Å². The van der Waals surface area contributed by atoms with E-state index in [0.29, 0.717) is 0 Å². The molecule has 0 nitrogen and oxygen atoms in total. The molecule has 1 aromatic rings. The molecular weight excluding hydrogens is 200 g/mol. The van der Waals surface area contributed by atoms with Gasteiger partial charge in [-0.15, -0.1) is 0 Å². The molecule has 0 radical (unpaired) electrons. The largest absolute Gasteiger partial charge is 0.162 e. The quantitative estimate of drug-likeness (QED) is 0.582. The number of aryl methyl sites for hydroxylation is 1. The van der Waals surface area contributed by atoms with Gasteiger partial charge in [-0.05, 0) is 29.9 Å². The molecule has 0 spiro atoms. The van der Waals surface area contributed by atoms with Crippen molar-refractivity contribution in [2.75, 3.05) is 11.5 Å². The van der Waals surface area contributed by atoms with E-state index in [1.165, 1.54) is 49.2 Å². The fourth-order valence-electron chi connectivity index (χ4n) is 1.57. The molecule has 1 aromatic carbocycles. The van der Waals surface area contributed by atoms with Crippen LogP contribution in [-0.4, -0.2) is 11.5 Å². The lowest BCUT2D eigenvalue weighted by Gasteiger charge is -2.01. The van der Waals surface area contributed by atoms with Crippen molar-refractivity contribution in [1.82, 2.24) is 0 Å². The minimum Gasteiger partial charge on any atom is -0.162 e. The molecule has 1 rings (SSSR count). The van der Waals surface area contributed by atoms with Gasteiger partial charge in [0.1, 0.15) is 0 Å². The fraction of sp³-hybridized carbons (Fsp3) is 0.571. The zero-order chi connectivity index (χ0) is 10.8. The van der Waals surface area contributed by atoms with Gasteiger partial charge in [-0.2, -0.15) is 11.8 Å². The third-order valence-electron chi connectivity index (χ3n) is 2.52. The predicted molar refractivity (Wildman–Crippen MR) is 71.6 cm³/mol. The van der Waals surface area contributed by atoms with Gasteiger partial charge >= 0.3 is 0 Å². The van der Waals surface area contributed by atoms with Crippen LogP contribution >= 0.6 is 11.8 Å². The molecule has 0 N–H and O–H groups in total. The Balaban J connectivity index is 1.93. The standard InChI is InChI=1S/C14H22S/c1-2-3-4-8-12-15-13-11-14-9-6-5-7-10-14/h5-7,9-10H,2-4,8,11-13H2,1H3. The van der Waals surface area contributed by atoms with E-state index in [2.05, 4.69) is 49.0 Å². The van der Waals surface area contributed by atoms with Crippen LogP contribution in [0.1, 0.15) is 38.2 Å². The second kappa shape index (κ2) is 8.84. The first-order valence-electron chi connectivity index (χ1n) is 6.05. The molecule has 0 amide bonds. The average molecular weight is 222 g/mol. The third-order valence-corrected chi connectivity index (χ3v) is 3.59. The molecule has 0 saturated heterocycles. The summed E-state index contributed by atoms with van der Waals surface area (Å²) in [5.74, 6) is 2.61. The Morgan fingerprint density at radius 1 is 0.933 bits per heavy atom. The molecule has 0 saturated carbocycles. The summed E-state index contributed by atoms with van der Waals surface area (Å²) < 4.78 is 0. The van der Waals surface area contributed by atoms with Gasteiger partial charge in [0.25, 0.3) is 0 Å². The first kappa shape index (κ1) is 12.6. The number of benzene rings is 1. The summed E-state index contributed by atoms with van der Waals surface area (Å²) in [4.78, 5) is 0. The lowest BCUT2D eigenvalue weighted by molar-refractivity contribution is 0.706. The van der Waals surface area contributed by atoms with Gasteiger partial charge in [0, 0.05) is 0 Å². The van der Waals surface area contributed by atoms with Crippen molar-refractivity contribution in [3.8, 4) is 0 Å². The van der Waals surface area contributed by atoms with Crippen LogP contribution in [0.15, 0.2) is 30.3 Å². The minimum absolute atomic E-state index is 1.22. The minimum atomic E-state index is 1.22. The van der Waals surface area contributed by atoms with Gasteiger partial charge in [-0.1, -0.05) is 56.5 Å². The summed E-state index contributed by atoms with van der Waals surface area (Å²) in [6, 6.07) is 10.8. The van der Waals surface area contributed by atoms with E-state index in [-0.39, 0.29) is 0 Å². The summed E-state index contributed by atoms with van der Waals surface area (Å²) in [7, 11) is 0. The highest BCUT2D eigenvalue weighted by Crippen LogP contribution is 2.10. The van der Waals surface area contributed by atoms with Crippen molar-refractivity contribution in [3.05, 3.63) is 35.9 Å². The lowest BCUT2D eigenvalue weighted by Crippen LogP contribution is -1.89. The van der Waals surface area contributed by atoms with E-state index >= 15 is 0 Å². The van der Waals surface area contributed by atoms with E-state index in [1.54, 1.807) is 0 Å². The van der Waals surface area contributed by atoms with Crippen LogP contribution in [0.25, 0.3) is 0 Å². The molecule has 0 aliphatic rings. The molecule has 15 heavy (non-hydrogen) atoms. The number of thioether (sulfide) groups is 1. The van der Waals surface area contributed by atoms with Gasteiger partial charge in [0.05, 0.1) is 0 Å². The molecule has 0 bridgehead atoms. The van der Waals surface area contributed by atoms with Gasteiger partial charge < -0.3 is 0 Å². The second-order valence-corrected chi connectivity index (χ2v) is 5.13. The van der Waals surface area contributed by atoms with E-state index < -0.39 is 0 Å². The van der Waals surface area contributed by atoms with Crippen LogP contribution in [0.3, 0.4) is 0 Å². The van der Waals surface area contributed by atoms with Crippen molar-refractivity contribution < 1.29 is 0 Å². The Bertz CT molecular complexity index is 230. The highest BCUT2D eigenvalue weighted by molar-refractivity contribution is 7.99. The topological polar surface area (TPSA) is 0 Å². The Labute approximate surface area is 98.5 Å². The Morgan fingerprint density at radius 2 is 1.73 bits per heavy atom. The Hall–Kier alpha value is -0.430. The van der Waals surface area contributed by atoms with Gasteiger partial charge in [0.15, 0.2) is 0 Å². The van der Waals surface area contributed by atoms with E-state index in [1.807, 2.05) is 0 Å². The van der Waals surface area contributed by atoms with E-state index in [9.17, 15) is 0 Å². The molecule has 0 atom stereocenters. The molecule has 0 fully saturated rings. The first-order chi connectivity index (χ1) is 7.43. The van der Waals surface area contributed by atoms with Crippen LogP contribution in [0.5, 0.6) is 0 Å². The van der Waals surface area contributed by atoms with Crippen LogP contribution in [-0.2, 0) is 6.42 Å². The Kier molecular flexibility index (Phi) is 7.45. The SMILES string of the molecule is CCCCCCSCCc1ccccc1. The number of hydrogen-bond donors (Lipinski definition) is 0. The molecular formula is C14H22S. The van der Waals surface area contributed by atoms with Crippen LogP contribution in [0.2, 0.25) is 0 Å². The Morgan fingerprint density at radius 3 is 2.47 bits per heavy atom. The number of hydrogen-bond acceptors (Lipinski definition) is 1. The zero-order valence-electron chi connectivity index (χ0n) is 9.74. The summed E-state index contributed by atoms with van der Waals surface area (Å²) in [5, 5.41) is 0. The van der Waals surface area contributed by atoms with Gasteiger partial charge in [0.2, 0.25) is 0 Å². The van der Waals surface area contributed by atoms with E-state index in [4.69, 9.17) is 0 Å². The van der Waals surface area contributed by atoms with Gasteiger partial charge in [-0.25, -0.2) is 0 Å². The number of unbranched alkanes of at least 4 members (excludes halogenated alkanes) is 3. The first-order valence-corrected chi connectivity index (χ1v) is 7.20. The average Bonchev–Trinajstić information content (AvgIpc) is 2.29. The zero-order valence-corrected chi connectivity index (χ0v) is 10.6. The smallest absolute Gasteiger partial charge is 0.00270 e. The molecule has 0 aliphatic heterocycles. The normalized spacial score (nSPS) is 10.5. The molecule has 0 unspecified atom stereocenters. The van der Waals surface area contributed by atoms with Crippen molar-refractivity contribution in [3.63, 3.8) is 0 Å². The maximum atomic E-state index is 2.27. The number of rotatable bonds is 8. The predicted octanol–water partition coefficient (Wildman–Crippen LogP) is 4.54. The summed E-state index contributed by atoms with van der Waals surface area (Å²) in [6.45, 7) is 2.27.